The minimum Gasteiger partial charge on any atom is -0.373 e. The minimum atomic E-state index is -0.204. The highest BCUT2D eigenvalue weighted by Crippen LogP contribution is 2.27. The maximum Gasteiger partial charge on any atom is 0.132 e. The van der Waals surface area contributed by atoms with E-state index >= 15 is 0 Å². The van der Waals surface area contributed by atoms with E-state index in [9.17, 15) is 4.39 Å². The van der Waals surface area contributed by atoms with E-state index in [0.717, 1.165) is 35.5 Å². The Hall–Kier alpha value is -1.97. The molecule has 0 fully saturated rings. The monoisotopic (exact) mass is 259 g/mol. The summed E-state index contributed by atoms with van der Waals surface area (Å²) in [7, 11) is 1.83. The van der Waals surface area contributed by atoms with E-state index in [1.54, 1.807) is 13.0 Å². The van der Waals surface area contributed by atoms with Crippen LogP contribution in [-0.4, -0.2) is 17.0 Å². The summed E-state index contributed by atoms with van der Waals surface area (Å²) in [6.45, 7) is 3.86. The molecule has 0 aliphatic rings. The summed E-state index contributed by atoms with van der Waals surface area (Å²) in [6.07, 6.45) is 3.36. The van der Waals surface area contributed by atoms with Crippen LogP contribution in [0, 0.1) is 12.7 Å². The standard InChI is InChI=1S/C15H18FN3/c1-4-5-12-14(18-9-19-15(12)17-3)11-7-6-10(2)13(16)8-11/h6-9H,4-5H2,1-3H3,(H,17,18,19). The van der Waals surface area contributed by atoms with Gasteiger partial charge in [0.05, 0.1) is 5.69 Å². The molecule has 100 valence electrons. The Kier molecular flexibility index (Phi) is 4.10. The maximum atomic E-state index is 13.7. The molecule has 0 saturated carbocycles. The average Bonchev–Trinajstić information content (AvgIpc) is 2.42. The summed E-state index contributed by atoms with van der Waals surface area (Å²) in [4.78, 5) is 8.56. The van der Waals surface area contributed by atoms with E-state index in [4.69, 9.17) is 0 Å². The summed E-state index contributed by atoms with van der Waals surface area (Å²) in [5.74, 6) is 0.609. The van der Waals surface area contributed by atoms with Crippen LogP contribution in [0.15, 0.2) is 24.5 Å². The van der Waals surface area contributed by atoms with Gasteiger partial charge in [-0.25, -0.2) is 14.4 Å². The van der Waals surface area contributed by atoms with E-state index in [1.165, 1.54) is 12.4 Å². The van der Waals surface area contributed by atoms with Gasteiger partial charge in [-0.3, -0.25) is 0 Å². The smallest absolute Gasteiger partial charge is 0.132 e. The molecule has 3 nitrogen and oxygen atoms in total. The molecule has 1 heterocycles. The van der Waals surface area contributed by atoms with E-state index in [0.29, 0.717) is 5.56 Å². The predicted molar refractivity (Wildman–Crippen MR) is 75.7 cm³/mol. The molecule has 0 radical (unpaired) electrons. The van der Waals surface area contributed by atoms with Crippen molar-refractivity contribution in [2.75, 3.05) is 12.4 Å². The lowest BCUT2D eigenvalue weighted by Crippen LogP contribution is -2.03. The number of nitrogens with one attached hydrogen (secondary N) is 1. The third-order valence-corrected chi connectivity index (χ3v) is 3.13. The zero-order valence-electron chi connectivity index (χ0n) is 11.5. The Morgan fingerprint density at radius 1 is 1.26 bits per heavy atom. The zero-order chi connectivity index (χ0) is 13.8. The Balaban J connectivity index is 2.57. The third-order valence-electron chi connectivity index (χ3n) is 3.13. The molecule has 1 aromatic heterocycles. The van der Waals surface area contributed by atoms with E-state index < -0.39 is 0 Å². The van der Waals surface area contributed by atoms with Gasteiger partial charge in [0.1, 0.15) is 18.0 Å². The second kappa shape index (κ2) is 5.78. The Labute approximate surface area is 112 Å². The number of hydrogen-bond donors (Lipinski definition) is 1. The molecule has 2 rings (SSSR count). The molecular weight excluding hydrogens is 241 g/mol. The maximum absolute atomic E-state index is 13.7. The highest BCUT2D eigenvalue weighted by molar-refractivity contribution is 5.68. The van der Waals surface area contributed by atoms with Gasteiger partial charge in [-0.2, -0.15) is 0 Å². The SMILES string of the molecule is CCCc1c(NC)ncnc1-c1ccc(C)c(F)c1. The van der Waals surface area contributed by atoms with E-state index in [1.807, 2.05) is 13.1 Å². The Morgan fingerprint density at radius 2 is 2.05 bits per heavy atom. The fraction of sp³-hybridized carbons (Fsp3) is 0.333. The Bertz CT molecular complexity index is 582. The molecule has 0 unspecified atom stereocenters. The van der Waals surface area contributed by atoms with Gasteiger partial charge in [-0.15, -0.1) is 0 Å². The molecule has 0 aliphatic heterocycles. The number of rotatable bonds is 4. The Morgan fingerprint density at radius 3 is 2.68 bits per heavy atom. The minimum absolute atomic E-state index is 0.204. The number of hydrogen-bond acceptors (Lipinski definition) is 3. The van der Waals surface area contributed by atoms with Crippen LogP contribution < -0.4 is 5.32 Å². The lowest BCUT2D eigenvalue weighted by atomic mass is 10.0. The van der Waals surface area contributed by atoms with Gasteiger partial charge in [-0.1, -0.05) is 25.5 Å². The topological polar surface area (TPSA) is 37.8 Å². The molecule has 0 spiro atoms. The van der Waals surface area contributed by atoms with Crippen molar-refractivity contribution in [3.05, 3.63) is 41.5 Å². The van der Waals surface area contributed by atoms with Crippen molar-refractivity contribution in [3.63, 3.8) is 0 Å². The summed E-state index contributed by atoms with van der Waals surface area (Å²) in [5, 5.41) is 3.07. The van der Waals surface area contributed by atoms with Gasteiger partial charge in [0.2, 0.25) is 0 Å². The van der Waals surface area contributed by atoms with Crippen LogP contribution in [0.2, 0.25) is 0 Å². The first-order valence-electron chi connectivity index (χ1n) is 6.45. The lowest BCUT2D eigenvalue weighted by Gasteiger charge is -2.12. The highest BCUT2D eigenvalue weighted by Gasteiger charge is 2.12. The molecule has 1 N–H and O–H groups in total. The van der Waals surface area contributed by atoms with Gasteiger partial charge in [-0.05, 0) is 25.0 Å². The van der Waals surface area contributed by atoms with E-state index in [-0.39, 0.29) is 5.82 Å². The van der Waals surface area contributed by atoms with Crippen LogP contribution in [0.25, 0.3) is 11.3 Å². The molecule has 0 bridgehead atoms. The van der Waals surface area contributed by atoms with Gasteiger partial charge in [0, 0.05) is 18.2 Å². The number of aryl methyl sites for hydroxylation is 1. The fourth-order valence-corrected chi connectivity index (χ4v) is 2.10. The van der Waals surface area contributed by atoms with Gasteiger partial charge >= 0.3 is 0 Å². The van der Waals surface area contributed by atoms with Crippen molar-refractivity contribution in [1.29, 1.82) is 0 Å². The first kappa shape index (κ1) is 13.5. The predicted octanol–water partition coefficient (Wildman–Crippen LogP) is 3.59. The fourth-order valence-electron chi connectivity index (χ4n) is 2.10. The first-order chi connectivity index (χ1) is 9.17. The number of anilines is 1. The van der Waals surface area contributed by atoms with Crippen molar-refractivity contribution in [2.45, 2.75) is 26.7 Å². The number of nitrogens with zero attached hydrogens (tertiary/aromatic N) is 2. The van der Waals surface area contributed by atoms with Crippen molar-refractivity contribution in [1.82, 2.24) is 9.97 Å². The molecule has 4 heteroatoms. The second-order valence-electron chi connectivity index (χ2n) is 4.51. The second-order valence-corrected chi connectivity index (χ2v) is 4.51. The van der Waals surface area contributed by atoms with Crippen molar-refractivity contribution in [2.24, 2.45) is 0 Å². The van der Waals surface area contributed by atoms with Gasteiger partial charge in [0.15, 0.2) is 0 Å². The van der Waals surface area contributed by atoms with Crippen LogP contribution in [-0.2, 0) is 6.42 Å². The van der Waals surface area contributed by atoms with E-state index in [2.05, 4.69) is 22.2 Å². The van der Waals surface area contributed by atoms with Crippen LogP contribution in [0.3, 0.4) is 0 Å². The highest BCUT2D eigenvalue weighted by atomic mass is 19.1. The molecule has 19 heavy (non-hydrogen) atoms. The average molecular weight is 259 g/mol. The molecular formula is C15H18FN3. The third kappa shape index (κ3) is 2.72. The summed E-state index contributed by atoms with van der Waals surface area (Å²) < 4.78 is 13.7. The summed E-state index contributed by atoms with van der Waals surface area (Å²) in [5.41, 5.74) is 3.28. The largest absolute Gasteiger partial charge is 0.373 e. The van der Waals surface area contributed by atoms with Crippen molar-refractivity contribution < 1.29 is 4.39 Å². The lowest BCUT2D eigenvalue weighted by molar-refractivity contribution is 0.619. The molecule has 0 aliphatic carbocycles. The number of halogens is 1. The number of benzene rings is 1. The summed E-state index contributed by atoms with van der Waals surface area (Å²) >= 11 is 0. The van der Waals surface area contributed by atoms with Gasteiger partial charge < -0.3 is 5.32 Å². The van der Waals surface area contributed by atoms with Crippen molar-refractivity contribution in [3.8, 4) is 11.3 Å². The first-order valence-corrected chi connectivity index (χ1v) is 6.45. The number of aromatic nitrogens is 2. The zero-order valence-corrected chi connectivity index (χ0v) is 11.5. The molecule has 1 aromatic carbocycles. The van der Waals surface area contributed by atoms with Gasteiger partial charge in [0.25, 0.3) is 0 Å². The normalized spacial score (nSPS) is 10.5. The molecule has 0 amide bonds. The van der Waals surface area contributed by atoms with Crippen LogP contribution in [0.1, 0.15) is 24.5 Å². The molecule has 2 aromatic rings. The van der Waals surface area contributed by atoms with Crippen LogP contribution in [0.4, 0.5) is 10.2 Å². The molecule has 0 saturated heterocycles. The molecule has 0 atom stereocenters. The van der Waals surface area contributed by atoms with Crippen LogP contribution in [0.5, 0.6) is 0 Å². The van der Waals surface area contributed by atoms with Crippen LogP contribution >= 0.6 is 0 Å². The quantitative estimate of drug-likeness (QED) is 0.911. The summed E-state index contributed by atoms with van der Waals surface area (Å²) in [6, 6.07) is 5.22. The van der Waals surface area contributed by atoms with Crippen molar-refractivity contribution >= 4 is 5.82 Å².